The number of hydrogen-bond acceptors (Lipinski definition) is 8. The number of amides is 1. The Morgan fingerprint density at radius 1 is 1.11 bits per heavy atom. The van der Waals surface area contributed by atoms with Gasteiger partial charge in [0.1, 0.15) is 11.5 Å². The van der Waals surface area contributed by atoms with Gasteiger partial charge in [0.2, 0.25) is 0 Å². The van der Waals surface area contributed by atoms with Crippen LogP contribution in [0.1, 0.15) is 39.2 Å². The van der Waals surface area contributed by atoms with Gasteiger partial charge in [-0.25, -0.2) is 27.1 Å². The molecule has 0 spiro atoms. The lowest BCUT2D eigenvalue weighted by Crippen LogP contribution is -2.31. The van der Waals surface area contributed by atoms with Gasteiger partial charge in [-0.05, 0) is 37.5 Å². The van der Waals surface area contributed by atoms with Crippen molar-refractivity contribution in [1.29, 1.82) is 0 Å². The number of esters is 1. The first-order chi connectivity index (χ1) is 18.2. The van der Waals surface area contributed by atoms with Gasteiger partial charge in [-0.3, -0.25) is 0 Å². The molecule has 0 bridgehead atoms. The molecule has 1 atom stereocenters. The van der Waals surface area contributed by atoms with Gasteiger partial charge in [0.05, 0.1) is 17.2 Å². The van der Waals surface area contributed by atoms with E-state index in [2.05, 4.69) is 18.6 Å². The Bertz CT molecular complexity index is 1350. The van der Waals surface area contributed by atoms with Crippen LogP contribution in [0, 0.1) is 0 Å². The number of nitrogens with one attached hydrogen (secondary N) is 1. The molecule has 2 aromatic rings. The lowest BCUT2D eigenvalue weighted by molar-refractivity contribution is -0.134. The molecule has 1 aliphatic rings. The molecule has 38 heavy (non-hydrogen) atoms. The largest absolute Gasteiger partial charge is 0.462 e. The van der Waals surface area contributed by atoms with E-state index in [1.54, 1.807) is 25.1 Å². The monoisotopic (exact) mass is 559 g/mol. The lowest BCUT2D eigenvalue weighted by Gasteiger charge is -2.20. The number of benzene rings is 2. The van der Waals surface area contributed by atoms with Crippen LogP contribution in [-0.4, -0.2) is 55.2 Å². The van der Waals surface area contributed by atoms with Gasteiger partial charge in [0.15, 0.2) is 0 Å². The molecule has 1 N–H and O–H groups in total. The summed E-state index contributed by atoms with van der Waals surface area (Å²) >= 11 is 0. The molecule has 11 heteroatoms. The summed E-state index contributed by atoms with van der Waals surface area (Å²) in [5.74, 6) is 0.223. The summed E-state index contributed by atoms with van der Waals surface area (Å²) in [6.45, 7) is 10.1. The highest BCUT2D eigenvalue weighted by Crippen LogP contribution is 2.35. The summed E-state index contributed by atoms with van der Waals surface area (Å²) in [5, 5.41) is 4.64. The van der Waals surface area contributed by atoms with Gasteiger partial charge in [0, 0.05) is 17.9 Å². The Balaban J connectivity index is 1.89. The smallest absolute Gasteiger partial charge is 0.421 e. The normalized spacial score (nSPS) is 15.1. The molecular weight excluding hydrogens is 526 g/mol. The molecular formula is C27H33N3O6S2. The van der Waals surface area contributed by atoms with Crippen LogP contribution < -0.4 is 4.72 Å². The Hall–Kier alpha value is -3.44. The summed E-state index contributed by atoms with van der Waals surface area (Å²) in [6, 6.07) is 13.9. The minimum absolute atomic E-state index is 0.0475. The van der Waals surface area contributed by atoms with Crippen LogP contribution in [0.4, 0.5) is 4.79 Å². The van der Waals surface area contributed by atoms with E-state index >= 15 is 0 Å². The van der Waals surface area contributed by atoms with Crippen LogP contribution in [-0.2, 0) is 30.0 Å². The highest BCUT2D eigenvalue weighted by atomic mass is 32.2. The predicted molar refractivity (Wildman–Crippen MR) is 151 cm³/mol. The second kappa shape index (κ2) is 13.4. The van der Waals surface area contributed by atoms with E-state index < -0.39 is 26.8 Å². The van der Waals surface area contributed by atoms with Gasteiger partial charge < -0.3 is 9.47 Å². The Labute approximate surface area is 226 Å². The number of sulfonamides is 1. The van der Waals surface area contributed by atoms with Gasteiger partial charge >= 0.3 is 12.1 Å². The maximum Gasteiger partial charge on any atom is 0.421 e. The topological polar surface area (TPSA) is 114 Å². The molecule has 1 heterocycles. The van der Waals surface area contributed by atoms with Crippen molar-refractivity contribution in [3.63, 3.8) is 0 Å². The first kappa shape index (κ1) is 29.1. The fourth-order valence-corrected chi connectivity index (χ4v) is 7.12. The van der Waals surface area contributed by atoms with Crippen molar-refractivity contribution in [3.05, 3.63) is 66.7 Å². The van der Waals surface area contributed by atoms with Crippen LogP contribution >= 0.6 is 10.7 Å². The predicted octanol–water partition coefficient (Wildman–Crippen LogP) is 4.87. The zero-order chi connectivity index (χ0) is 27.7. The van der Waals surface area contributed by atoms with Crippen LogP contribution in [0.5, 0.6) is 0 Å². The van der Waals surface area contributed by atoms with Crippen molar-refractivity contribution in [1.82, 2.24) is 9.14 Å². The van der Waals surface area contributed by atoms with E-state index in [0.29, 0.717) is 34.1 Å². The highest BCUT2D eigenvalue weighted by Gasteiger charge is 2.29. The van der Waals surface area contributed by atoms with E-state index in [4.69, 9.17) is 9.47 Å². The molecule has 0 fully saturated rings. The number of nitrogens with zero attached hydrogens (tertiary/aromatic N) is 2. The number of carbonyl (C=O) groups excluding carboxylic acids is 2. The number of carbonyl (C=O) groups is 2. The number of ether oxygens (including phenoxy) is 2. The van der Waals surface area contributed by atoms with Crippen molar-refractivity contribution in [3.8, 4) is 11.1 Å². The summed E-state index contributed by atoms with van der Waals surface area (Å²) in [4.78, 5) is 25.1. The second-order valence-corrected chi connectivity index (χ2v) is 11.9. The average molecular weight is 560 g/mol. The highest BCUT2D eigenvalue weighted by molar-refractivity contribution is 8.15. The Morgan fingerprint density at radius 3 is 2.47 bits per heavy atom. The van der Waals surface area contributed by atoms with E-state index in [0.717, 1.165) is 24.9 Å². The first-order valence-electron chi connectivity index (χ1n) is 12.3. The van der Waals surface area contributed by atoms with Crippen LogP contribution in [0.15, 0.2) is 71.2 Å². The average Bonchev–Trinajstić information content (AvgIpc) is 3.20. The SMILES string of the molecule is C=CCOC(=O)NS(=O)(=O)c1ccccc1-c1ccc(CS2=C(C(=O)OCC)C(C)=NN2CCCC)cc1. The van der Waals surface area contributed by atoms with Crippen molar-refractivity contribution in [2.75, 3.05) is 19.8 Å². The Morgan fingerprint density at radius 2 is 1.82 bits per heavy atom. The molecule has 0 aromatic heterocycles. The number of hydrogen-bond donors (Lipinski definition) is 1. The van der Waals surface area contributed by atoms with Crippen LogP contribution in [0.3, 0.4) is 0 Å². The first-order valence-corrected chi connectivity index (χ1v) is 15.1. The molecule has 2 aromatic carbocycles. The molecule has 1 amide bonds. The van der Waals surface area contributed by atoms with Crippen LogP contribution in [0.2, 0.25) is 0 Å². The van der Waals surface area contributed by atoms with Crippen molar-refractivity contribution in [2.45, 2.75) is 44.3 Å². The number of unbranched alkanes of at least 4 members (excludes halogenated alkanes) is 1. The molecule has 1 unspecified atom stereocenters. The molecule has 204 valence electrons. The fourth-order valence-electron chi connectivity index (χ4n) is 3.79. The fraction of sp³-hybridized carbons (Fsp3) is 0.333. The van der Waals surface area contributed by atoms with Gasteiger partial charge in [-0.1, -0.05) is 79.1 Å². The maximum atomic E-state index is 12.9. The quantitative estimate of drug-likeness (QED) is 0.224. The van der Waals surface area contributed by atoms with Crippen molar-refractivity contribution >= 4 is 43.3 Å². The minimum atomic E-state index is -4.18. The summed E-state index contributed by atoms with van der Waals surface area (Å²) in [6.07, 6.45) is 2.23. The van der Waals surface area contributed by atoms with Crippen LogP contribution in [0.25, 0.3) is 11.1 Å². The van der Waals surface area contributed by atoms with Gasteiger partial charge in [0.25, 0.3) is 10.0 Å². The van der Waals surface area contributed by atoms with Crippen molar-refractivity contribution < 1.29 is 27.5 Å². The summed E-state index contributed by atoms with van der Waals surface area (Å²) in [5.41, 5.74) is 2.75. The minimum Gasteiger partial charge on any atom is -0.462 e. The zero-order valence-corrected chi connectivity index (χ0v) is 23.4. The Kier molecular flexibility index (Phi) is 10.3. The molecule has 0 saturated carbocycles. The number of hydrazone groups is 1. The number of rotatable bonds is 12. The molecule has 9 nitrogen and oxygen atoms in total. The van der Waals surface area contributed by atoms with E-state index in [1.807, 2.05) is 40.3 Å². The lowest BCUT2D eigenvalue weighted by atomic mass is 10.0. The summed E-state index contributed by atoms with van der Waals surface area (Å²) in [7, 11) is -4.76. The van der Waals surface area contributed by atoms with E-state index in [-0.39, 0.29) is 17.5 Å². The molecule has 0 saturated heterocycles. The third-order valence-corrected chi connectivity index (χ3v) is 9.22. The van der Waals surface area contributed by atoms with Gasteiger partial charge in [-0.2, -0.15) is 5.10 Å². The molecule has 1 aliphatic heterocycles. The summed E-state index contributed by atoms with van der Waals surface area (Å²) < 4.78 is 39.8. The van der Waals surface area contributed by atoms with E-state index in [1.165, 1.54) is 12.1 Å². The molecule has 0 aliphatic carbocycles. The van der Waals surface area contributed by atoms with Crippen molar-refractivity contribution in [2.24, 2.45) is 5.10 Å². The maximum absolute atomic E-state index is 12.9. The zero-order valence-electron chi connectivity index (χ0n) is 21.8. The van der Waals surface area contributed by atoms with Gasteiger partial charge in [-0.15, -0.1) is 0 Å². The third kappa shape index (κ3) is 7.11. The standard InChI is InChI=1S/C27H33N3O6S2/c1-5-8-17-30-28-20(4)25(26(31)35-7-3)37(30)19-21-13-15-22(16-14-21)23-11-9-10-12-24(23)38(33,34)29-27(32)36-18-6-2/h6,9-16H,2,5,7-8,17-19H2,1,3-4H3,(H,29,32). The third-order valence-electron chi connectivity index (χ3n) is 5.54. The second-order valence-electron chi connectivity index (χ2n) is 8.36. The molecule has 0 radical (unpaired) electrons. The molecule has 3 rings (SSSR count). The van der Waals surface area contributed by atoms with E-state index in [9.17, 15) is 18.0 Å².